The molecule has 0 spiro atoms. The van der Waals surface area contributed by atoms with Crippen LogP contribution >= 0.6 is 11.6 Å². The first-order valence-electron chi connectivity index (χ1n) is 7.16. The number of nitrogens with one attached hydrogen (secondary N) is 2. The number of nitrogens with zero attached hydrogens (tertiary/aromatic N) is 1. The molecule has 0 fully saturated rings. The van der Waals surface area contributed by atoms with Crippen LogP contribution in [0.15, 0.2) is 29.2 Å². The van der Waals surface area contributed by atoms with E-state index in [1.165, 1.54) is 6.20 Å². The molecule has 0 saturated heterocycles. The molecular weight excluding hydrogens is 318 g/mol. The summed E-state index contributed by atoms with van der Waals surface area (Å²) in [7, 11) is 0. The Bertz CT molecular complexity index is 771. The Morgan fingerprint density at radius 3 is 2.83 bits per heavy atom. The van der Waals surface area contributed by atoms with Crippen molar-refractivity contribution in [3.05, 3.63) is 56.7 Å². The third-order valence-corrected chi connectivity index (χ3v) is 3.40. The predicted octanol–water partition coefficient (Wildman–Crippen LogP) is 2.45. The average Bonchev–Trinajstić information content (AvgIpc) is 2.48. The quantitative estimate of drug-likeness (QED) is 0.879. The molecule has 122 valence electrons. The lowest BCUT2D eigenvalue weighted by atomic mass is 10.2. The van der Waals surface area contributed by atoms with Gasteiger partial charge in [-0.15, -0.1) is 0 Å². The van der Waals surface area contributed by atoms with E-state index in [-0.39, 0.29) is 29.1 Å². The lowest BCUT2D eigenvalue weighted by Crippen LogP contribution is -2.27. The zero-order valence-electron chi connectivity index (χ0n) is 13.1. The van der Waals surface area contributed by atoms with Gasteiger partial charge in [-0.05, 0) is 32.9 Å². The van der Waals surface area contributed by atoms with Crippen LogP contribution in [0.5, 0.6) is 5.75 Å². The van der Waals surface area contributed by atoms with E-state index in [9.17, 15) is 9.59 Å². The summed E-state index contributed by atoms with van der Waals surface area (Å²) < 4.78 is 5.55. The van der Waals surface area contributed by atoms with Crippen molar-refractivity contribution in [2.75, 3.05) is 0 Å². The molecule has 2 N–H and O–H groups in total. The van der Waals surface area contributed by atoms with E-state index in [0.717, 1.165) is 0 Å². The van der Waals surface area contributed by atoms with Crippen LogP contribution in [0.3, 0.4) is 0 Å². The molecule has 1 aromatic carbocycles. The number of hydrogen-bond donors (Lipinski definition) is 2. The molecule has 2 rings (SSSR count). The molecule has 0 atom stereocenters. The third-order valence-electron chi connectivity index (χ3n) is 3.01. The van der Waals surface area contributed by atoms with E-state index in [1.54, 1.807) is 25.1 Å². The highest BCUT2D eigenvalue weighted by atomic mass is 35.5. The van der Waals surface area contributed by atoms with Crippen LogP contribution in [0, 0.1) is 6.92 Å². The third kappa shape index (κ3) is 4.32. The fourth-order valence-corrected chi connectivity index (χ4v) is 2.19. The van der Waals surface area contributed by atoms with Gasteiger partial charge in [0.1, 0.15) is 11.6 Å². The summed E-state index contributed by atoms with van der Waals surface area (Å²) in [6, 6.07) is 4.99. The maximum absolute atomic E-state index is 12.3. The van der Waals surface area contributed by atoms with Gasteiger partial charge in [0.15, 0.2) is 0 Å². The summed E-state index contributed by atoms with van der Waals surface area (Å²) >= 11 is 6.22. The highest BCUT2D eigenvalue weighted by Crippen LogP contribution is 2.28. The maximum Gasteiger partial charge on any atom is 0.255 e. The number of amides is 1. The largest absolute Gasteiger partial charge is 0.489 e. The van der Waals surface area contributed by atoms with Gasteiger partial charge in [0.05, 0.1) is 28.8 Å². The van der Waals surface area contributed by atoms with Gasteiger partial charge in [0, 0.05) is 6.20 Å². The molecular formula is C16H18ClN3O3. The van der Waals surface area contributed by atoms with E-state index in [1.807, 2.05) is 13.8 Å². The van der Waals surface area contributed by atoms with Gasteiger partial charge >= 0.3 is 0 Å². The number of hydrogen-bond acceptors (Lipinski definition) is 4. The zero-order valence-corrected chi connectivity index (χ0v) is 13.9. The smallest absolute Gasteiger partial charge is 0.255 e. The van der Waals surface area contributed by atoms with E-state index in [2.05, 4.69) is 15.3 Å². The maximum atomic E-state index is 12.3. The number of rotatable bonds is 5. The van der Waals surface area contributed by atoms with Gasteiger partial charge in [-0.1, -0.05) is 17.7 Å². The predicted molar refractivity (Wildman–Crippen MR) is 88.0 cm³/mol. The van der Waals surface area contributed by atoms with Crippen molar-refractivity contribution >= 4 is 17.5 Å². The van der Waals surface area contributed by atoms with Crippen molar-refractivity contribution in [3.8, 4) is 5.75 Å². The van der Waals surface area contributed by atoms with Crippen molar-refractivity contribution < 1.29 is 9.53 Å². The summed E-state index contributed by atoms with van der Waals surface area (Å²) in [4.78, 5) is 30.6. The number of aromatic amines is 1. The van der Waals surface area contributed by atoms with Crippen LogP contribution in [0.1, 0.15) is 35.6 Å². The monoisotopic (exact) mass is 335 g/mol. The molecule has 0 aliphatic rings. The topological polar surface area (TPSA) is 84.1 Å². The molecule has 1 aromatic heterocycles. The van der Waals surface area contributed by atoms with Crippen LogP contribution in [-0.4, -0.2) is 22.0 Å². The van der Waals surface area contributed by atoms with E-state index in [4.69, 9.17) is 16.3 Å². The summed E-state index contributed by atoms with van der Waals surface area (Å²) in [6.07, 6.45) is 1.39. The van der Waals surface area contributed by atoms with Crippen LogP contribution in [0.25, 0.3) is 0 Å². The molecule has 0 saturated carbocycles. The van der Waals surface area contributed by atoms with Crippen molar-refractivity contribution in [2.45, 2.75) is 33.4 Å². The van der Waals surface area contributed by atoms with E-state index in [0.29, 0.717) is 22.7 Å². The first kappa shape index (κ1) is 17.0. The summed E-state index contributed by atoms with van der Waals surface area (Å²) in [6.45, 7) is 5.50. The Morgan fingerprint density at radius 1 is 1.43 bits per heavy atom. The number of H-pyrrole nitrogens is 1. The van der Waals surface area contributed by atoms with Gasteiger partial charge in [-0.25, -0.2) is 4.98 Å². The standard InChI is InChI=1S/C16H18ClN3O3/c1-9(2)23-13-6-4-5-12(14(13)17)16(22)19-8-11-7-18-10(3)20-15(11)21/h4-7,9H,8H2,1-3H3,(H,19,22)(H,18,20,21). The molecule has 1 heterocycles. The molecule has 23 heavy (non-hydrogen) atoms. The normalized spacial score (nSPS) is 10.7. The Labute approximate surface area is 138 Å². The highest BCUT2D eigenvalue weighted by molar-refractivity contribution is 6.35. The Morgan fingerprint density at radius 2 is 2.17 bits per heavy atom. The van der Waals surface area contributed by atoms with E-state index >= 15 is 0 Å². The van der Waals surface area contributed by atoms with Gasteiger partial charge in [-0.3, -0.25) is 9.59 Å². The lowest BCUT2D eigenvalue weighted by Gasteiger charge is -2.13. The second-order valence-corrected chi connectivity index (χ2v) is 5.67. The van der Waals surface area contributed by atoms with Gasteiger partial charge in [0.2, 0.25) is 0 Å². The van der Waals surface area contributed by atoms with Crippen LogP contribution < -0.4 is 15.6 Å². The molecule has 2 aromatic rings. The lowest BCUT2D eigenvalue weighted by molar-refractivity contribution is 0.0950. The first-order chi connectivity index (χ1) is 10.9. The van der Waals surface area contributed by atoms with E-state index < -0.39 is 0 Å². The molecule has 0 aliphatic heterocycles. The van der Waals surface area contributed by atoms with Gasteiger partial charge < -0.3 is 15.0 Å². The Hall–Kier alpha value is -2.34. The molecule has 0 unspecified atom stereocenters. The average molecular weight is 336 g/mol. The number of halogens is 1. The number of carbonyl (C=O) groups excluding carboxylic acids is 1. The van der Waals surface area contributed by atoms with Crippen LogP contribution in [0.2, 0.25) is 5.02 Å². The van der Waals surface area contributed by atoms with Crippen molar-refractivity contribution in [3.63, 3.8) is 0 Å². The zero-order chi connectivity index (χ0) is 17.0. The summed E-state index contributed by atoms with van der Waals surface area (Å²) in [5.74, 6) is 0.583. The Balaban J connectivity index is 2.13. The van der Waals surface area contributed by atoms with Crippen LogP contribution in [-0.2, 0) is 6.54 Å². The molecule has 0 aliphatic carbocycles. The molecule has 0 radical (unpaired) electrons. The highest BCUT2D eigenvalue weighted by Gasteiger charge is 2.15. The minimum atomic E-state index is -0.385. The minimum Gasteiger partial charge on any atom is -0.489 e. The molecule has 1 amide bonds. The molecule has 0 bridgehead atoms. The van der Waals surface area contributed by atoms with Crippen molar-refractivity contribution in [2.24, 2.45) is 0 Å². The first-order valence-corrected chi connectivity index (χ1v) is 7.54. The fourth-order valence-electron chi connectivity index (χ4n) is 1.94. The minimum absolute atomic E-state index is 0.0528. The number of carbonyl (C=O) groups is 1. The number of ether oxygens (including phenoxy) is 1. The second-order valence-electron chi connectivity index (χ2n) is 5.29. The Kier molecular flexibility index (Phi) is 5.39. The fraction of sp³-hybridized carbons (Fsp3) is 0.312. The van der Waals surface area contributed by atoms with Crippen molar-refractivity contribution in [1.82, 2.24) is 15.3 Å². The van der Waals surface area contributed by atoms with Crippen molar-refractivity contribution in [1.29, 1.82) is 0 Å². The second kappa shape index (κ2) is 7.28. The summed E-state index contributed by atoms with van der Waals surface area (Å²) in [5.41, 5.74) is 0.386. The van der Waals surface area contributed by atoms with Gasteiger partial charge in [0.25, 0.3) is 11.5 Å². The van der Waals surface area contributed by atoms with Crippen LogP contribution in [0.4, 0.5) is 0 Å². The van der Waals surface area contributed by atoms with Gasteiger partial charge in [-0.2, -0.15) is 0 Å². The number of benzene rings is 1. The molecule has 6 nitrogen and oxygen atoms in total. The summed E-state index contributed by atoms with van der Waals surface area (Å²) in [5, 5.41) is 2.90. The molecule has 7 heteroatoms. The number of aryl methyl sites for hydroxylation is 1. The SMILES string of the molecule is Cc1ncc(CNC(=O)c2cccc(OC(C)C)c2Cl)c(=O)[nH]1. The number of aromatic nitrogens is 2.